The van der Waals surface area contributed by atoms with E-state index >= 15 is 0 Å². The van der Waals surface area contributed by atoms with Gasteiger partial charge in [-0.2, -0.15) is 0 Å². The number of amides is 2. The SMILES string of the molecule is O=C1S/C(=C\c2cccs2)C(=O)N1Cc1ccc(OCc2ccccn2)cc1. The van der Waals surface area contributed by atoms with Crippen molar-refractivity contribution >= 4 is 40.3 Å². The van der Waals surface area contributed by atoms with Gasteiger partial charge in [-0.1, -0.05) is 24.3 Å². The first-order chi connectivity index (χ1) is 13.7. The van der Waals surface area contributed by atoms with Crippen molar-refractivity contribution in [3.63, 3.8) is 0 Å². The minimum atomic E-state index is -0.251. The average Bonchev–Trinajstić information content (AvgIpc) is 3.32. The Kier molecular flexibility index (Phi) is 5.55. The molecule has 0 bridgehead atoms. The molecule has 4 rings (SSSR count). The summed E-state index contributed by atoms with van der Waals surface area (Å²) in [6.45, 7) is 0.629. The van der Waals surface area contributed by atoms with E-state index in [-0.39, 0.29) is 17.7 Å². The molecule has 1 aliphatic heterocycles. The van der Waals surface area contributed by atoms with E-state index in [1.165, 1.54) is 16.2 Å². The summed E-state index contributed by atoms with van der Waals surface area (Å²) in [5.41, 5.74) is 1.71. The molecular formula is C21H16N2O3S2. The summed E-state index contributed by atoms with van der Waals surface area (Å²) in [6.07, 6.45) is 3.50. The summed E-state index contributed by atoms with van der Waals surface area (Å²) >= 11 is 2.51. The van der Waals surface area contributed by atoms with E-state index in [9.17, 15) is 9.59 Å². The molecule has 28 heavy (non-hydrogen) atoms. The van der Waals surface area contributed by atoms with Gasteiger partial charge in [-0.25, -0.2) is 0 Å². The van der Waals surface area contributed by atoms with Gasteiger partial charge in [0, 0.05) is 11.1 Å². The highest BCUT2D eigenvalue weighted by atomic mass is 32.2. The number of carbonyl (C=O) groups excluding carboxylic acids is 2. The summed E-state index contributed by atoms with van der Waals surface area (Å²) < 4.78 is 5.71. The quantitative estimate of drug-likeness (QED) is 0.540. The Morgan fingerprint density at radius 3 is 2.61 bits per heavy atom. The summed E-state index contributed by atoms with van der Waals surface area (Å²) in [7, 11) is 0. The van der Waals surface area contributed by atoms with Gasteiger partial charge < -0.3 is 4.74 Å². The van der Waals surface area contributed by atoms with Gasteiger partial charge in [0.05, 0.1) is 17.1 Å². The van der Waals surface area contributed by atoms with Crippen LogP contribution in [0.15, 0.2) is 71.1 Å². The third-order valence-corrected chi connectivity index (χ3v) is 5.79. The normalized spacial score (nSPS) is 15.4. The van der Waals surface area contributed by atoms with Crippen LogP contribution in [0.1, 0.15) is 16.1 Å². The molecule has 1 saturated heterocycles. The van der Waals surface area contributed by atoms with Gasteiger partial charge in [0.25, 0.3) is 11.1 Å². The molecule has 0 N–H and O–H groups in total. The number of aromatic nitrogens is 1. The number of imide groups is 1. The van der Waals surface area contributed by atoms with E-state index < -0.39 is 0 Å². The molecule has 0 saturated carbocycles. The maximum absolute atomic E-state index is 12.6. The molecule has 0 atom stereocenters. The number of nitrogens with zero attached hydrogens (tertiary/aromatic N) is 2. The Balaban J connectivity index is 1.39. The lowest BCUT2D eigenvalue weighted by atomic mass is 10.2. The predicted octanol–water partition coefficient (Wildman–Crippen LogP) is 4.96. The van der Waals surface area contributed by atoms with Crippen LogP contribution in [-0.2, 0) is 17.9 Å². The van der Waals surface area contributed by atoms with Crippen LogP contribution in [0.4, 0.5) is 4.79 Å². The topological polar surface area (TPSA) is 59.5 Å². The zero-order valence-corrected chi connectivity index (χ0v) is 16.4. The number of hydrogen-bond acceptors (Lipinski definition) is 6. The van der Waals surface area contributed by atoms with Crippen LogP contribution < -0.4 is 4.74 Å². The second kappa shape index (κ2) is 8.41. The van der Waals surface area contributed by atoms with E-state index in [1.807, 2.05) is 60.0 Å². The number of rotatable bonds is 6. The van der Waals surface area contributed by atoms with Crippen LogP contribution >= 0.6 is 23.1 Å². The molecule has 0 radical (unpaired) electrons. The number of carbonyl (C=O) groups is 2. The Hall–Kier alpha value is -2.90. The van der Waals surface area contributed by atoms with Gasteiger partial charge in [-0.15, -0.1) is 11.3 Å². The van der Waals surface area contributed by atoms with Gasteiger partial charge in [-0.3, -0.25) is 19.5 Å². The fourth-order valence-electron chi connectivity index (χ4n) is 2.65. The molecule has 0 spiro atoms. The first kappa shape index (κ1) is 18.5. The highest BCUT2D eigenvalue weighted by Crippen LogP contribution is 2.34. The molecule has 7 heteroatoms. The molecule has 1 fully saturated rings. The maximum atomic E-state index is 12.6. The molecule has 1 aliphatic rings. The van der Waals surface area contributed by atoms with Crippen LogP contribution in [-0.4, -0.2) is 21.0 Å². The van der Waals surface area contributed by atoms with Crippen molar-refractivity contribution in [3.8, 4) is 5.75 Å². The highest BCUT2D eigenvalue weighted by molar-refractivity contribution is 8.18. The number of benzene rings is 1. The van der Waals surface area contributed by atoms with Crippen LogP contribution in [0.2, 0.25) is 0 Å². The Labute approximate surface area is 170 Å². The lowest BCUT2D eigenvalue weighted by Crippen LogP contribution is -2.27. The molecule has 140 valence electrons. The molecule has 1 aromatic carbocycles. The molecular weight excluding hydrogens is 392 g/mol. The van der Waals surface area contributed by atoms with Gasteiger partial charge >= 0.3 is 0 Å². The Morgan fingerprint density at radius 1 is 1.04 bits per heavy atom. The molecule has 5 nitrogen and oxygen atoms in total. The van der Waals surface area contributed by atoms with Gasteiger partial charge in [0.15, 0.2) is 0 Å². The molecule has 3 aromatic rings. The third kappa shape index (κ3) is 4.32. The van der Waals surface area contributed by atoms with Gasteiger partial charge in [0.2, 0.25) is 0 Å². The molecule has 3 heterocycles. The van der Waals surface area contributed by atoms with Crippen LogP contribution in [0.25, 0.3) is 6.08 Å². The number of pyridine rings is 1. The van der Waals surface area contributed by atoms with Crippen molar-refractivity contribution in [1.82, 2.24) is 9.88 Å². The van der Waals surface area contributed by atoms with E-state index in [0.717, 1.165) is 27.9 Å². The third-order valence-electron chi connectivity index (χ3n) is 4.07. The van der Waals surface area contributed by atoms with E-state index in [0.29, 0.717) is 17.3 Å². The van der Waals surface area contributed by atoms with Crippen molar-refractivity contribution in [2.45, 2.75) is 13.2 Å². The Morgan fingerprint density at radius 2 is 1.89 bits per heavy atom. The average molecular weight is 409 g/mol. The first-order valence-electron chi connectivity index (χ1n) is 8.59. The van der Waals surface area contributed by atoms with E-state index in [1.54, 1.807) is 12.3 Å². The zero-order chi connectivity index (χ0) is 19.3. The zero-order valence-electron chi connectivity index (χ0n) is 14.8. The minimum Gasteiger partial charge on any atom is -0.487 e. The molecule has 2 aromatic heterocycles. The lowest BCUT2D eigenvalue weighted by Gasteiger charge is -2.13. The largest absolute Gasteiger partial charge is 0.487 e. The van der Waals surface area contributed by atoms with Gasteiger partial charge in [0.1, 0.15) is 12.4 Å². The van der Waals surface area contributed by atoms with Gasteiger partial charge in [-0.05, 0) is 59.1 Å². The summed E-state index contributed by atoms with van der Waals surface area (Å²) in [6, 6.07) is 16.9. The van der Waals surface area contributed by atoms with Crippen LogP contribution in [0.5, 0.6) is 5.75 Å². The van der Waals surface area contributed by atoms with Crippen molar-refractivity contribution in [3.05, 3.63) is 87.2 Å². The first-order valence-corrected chi connectivity index (χ1v) is 10.3. The number of hydrogen-bond donors (Lipinski definition) is 0. The summed E-state index contributed by atoms with van der Waals surface area (Å²) in [4.78, 5) is 31.7. The standard InChI is InChI=1S/C21H16N2O3S2/c24-20-19(12-18-5-3-11-27-18)28-21(25)23(20)13-15-6-8-17(9-7-15)26-14-16-4-1-2-10-22-16/h1-12H,13-14H2/b19-12-. The smallest absolute Gasteiger partial charge is 0.293 e. The van der Waals surface area contributed by atoms with Crippen molar-refractivity contribution < 1.29 is 14.3 Å². The molecule has 0 unspecified atom stereocenters. The minimum absolute atomic E-state index is 0.243. The summed E-state index contributed by atoms with van der Waals surface area (Å²) in [5.74, 6) is 0.458. The molecule has 2 amide bonds. The second-order valence-electron chi connectivity index (χ2n) is 6.04. The number of thiophene rings is 1. The second-order valence-corrected chi connectivity index (χ2v) is 8.01. The molecule has 0 aliphatic carbocycles. The monoisotopic (exact) mass is 408 g/mol. The Bertz CT molecular complexity index is 1000. The number of ether oxygens (including phenoxy) is 1. The van der Waals surface area contributed by atoms with Crippen LogP contribution in [0.3, 0.4) is 0 Å². The number of thioether (sulfide) groups is 1. The van der Waals surface area contributed by atoms with Crippen LogP contribution in [0, 0.1) is 0 Å². The van der Waals surface area contributed by atoms with E-state index in [2.05, 4.69) is 4.98 Å². The lowest BCUT2D eigenvalue weighted by molar-refractivity contribution is -0.123. The van der Waals surface area contributed by atoms with E-state index in [4.69, 9.17) is 4.74 Å². The fraction of sp³-hybridized carbons (Fsp3) is 0.0952. The predicted molar refractivity (Wildman–Crippen MR) is 111 cm³/mol. The highest BCUT2D eigenvalue weighted by Gasteiger charge is 2.35. The maximum Gasteiger partial charge on any atom is 0.293 e. The van der Waals surface area contributed by atoms with Crippen molar-refractivity contribution in [1.29, 1.82) is 0 Å². The fourth-order valence-corrected chi connectivity index (χ4v) is 4.21. The summed E-state index contributed by atoms with van der Waals surface area (Å²) in [5, 5.41) is 1.69. The van der Waals surface area contributed by atoms with Crippen molar-refractivity contribution in [2.75, 3.05) is 0 Å². The van der Waals surface area contributed by atoms with Crippen molar-refractivity contribution in [2.24, 2.45) is 0 Å².